The Balaban J connectivity index is 1.33. The fourth-order valence-electron chi connectivity index (χ4n) is 7.48. The first-order valence-corrected chi connectivity index (χ1v) is 11.2. The SMILES string of the molecule is CC1=NN2C(=O)CC(C34CC5CC(CC(C5)C3)C4)NC2C=C1c1ccc(F)cc1F. The molecule has 6 heteroatoms. The van der Waals surface area contributed by atoms with Gasteiger partial charge in [-0.2, -0.15) is 5.10 Å². The summed E-state index contributed by atoms with van der Waals surface area (Å²) >= 11 is 0. The molecular weight excluding hydrogens is 384 g/mol. The normalized spacial score (nSPS) is 39.6. The van der Waals surface area contributed by atoms with Gasteiger partial charge in [0, 0.05) is 29.7 Å². The van der Waals surface area contributed by atoms with Gasteiger partial charge in [0.2, 0.25) is 5.91 Å². The van der Waals surface area contributed by atoms with Crippen LogP contribution in [0.2, 0.25) is 0 Å². The van der Waals surface area contributed by atoms with Crippen LogP contribution in [-0.4, -0.2) is 28.8 Å². The first-order valence-electron chi connectivity index (χ1n) is 11.2. The van der Waals surface area contributed by atoms with Gasteiger partial charge in [0.15, 0.2) is 0 Å². The largest absolute Gasteiger partial charge is 0.288 e. The Labute approximate surface area is 175 Å². The Kier molecular flexibility index (Phi) is 4.02. The Morgan fingerprint density at radius 2 is 1.77 bits per heavy atom. The van der Waals surface area contributed by atoms with Crippen molar-refractivity contribution in [2.45, 2.75) is 64.1 Å². The van der Waals surface area contributed by atoms with Crippen molar-refractivity contribution < 1.29 is 13.6 Å². The van der Waals surface area contributed by atoms with Crippen molar-refractivity contribution in [3.8, 4) is 0 Å². The van der Waals surface area contributed by atoms with Crippen LogP contribution in [0.4, 0.5) is 8.78 Å². The second kappa shape index (κ2) is 6.46. The van der Waals surface area contributed by atoms with Gasteiger partial charge in [0.25, 0.3) is 0 Å². The highest BCUT2D eigenvalue weighted by atomic mass is 19.1. The molecule has 1 aromatic rings. The van der Waals surface area contributed by atoms with Crippen LogP contribution in [0.3, 0.4) is 0 Å². The van der Waals surface area contributed by atoms with Crippen molar-refractivity contribution in [2.75, 3.05) is 0 Å². The van der Waals surface area contributed by atoms with Crippen LogP contribution in [0.25, 0.3) is 5.57 Å². The van der Waals surface area contributed by atoms with Gasteiger partial charge < -0.3 is 0 Å². The maximum absolute atomic E-state index is 14.5. The number of carbonyl (C=O) groups is 1. The standard InChI is InChI=1S/C24H27F2N3O/c1-13-19(18-3-2-17(25)7-20(18)26)8-22-27-21(9-23(30)29(22)28-13)24-10-14-4-15(11-24)6-16(5-14)12-24/h2-3,7-8,14-16,21-22,27H,4-6,9-12H2,1H3. The lowest BCUT2D eigenvalue weighted by molar-refractivity contribution is -0.144. The summed E-state index contributed by atoms with van der Waals surface area (Å²) in [5.41, 5.74) is 1.73. The van der Waals surface area contributed by atoms with Crippen molar-refractivity contribution in [2.24, 2.45) is 28.3 Å². The lowest BCUT2D eigenvalue weighted by atomic mass is 9.47. The Morgan fingerprint density at radius 1 is 1.10 bits per heavy atom. The van der Waals surface area contributed by atoms with Gasteiger partial charge in [-0.05, 0) is 86.8 Å². The maximum Gasteiger partial charge on any atom is 0.246 e. The van der Waals surface area contributed by atoms with Gasteiger partial charge in [0.05, 0.1) is 5.71 Å². The van der Waals surface area contributed by atoms with E-state index in [1.807, 2.05) is 6.08 Å². The van der Waals surface area contributed by atoms with Gasteiger partial charge >= 0.3 is 0 Å². The quantitative estimate of drug-likeness (QED) is 0.780. The first-order chi connectivity index (χ1) is 14.4. The monoisotopic (exact) mass is 411 g/mol. The molecular formula is C24H27F2N3O. The van der Waals surface area contributed by atoms with Crippen molar-refractivity contribution in [1.29, 1.82) is 0 Å². The van der Waals surface area contributed by atoms with Crippen molar-refractivity contribution in [1.82, 2.24) is 10.3 Å². The van der Waals surface area contributed by atoms with Gasteiger partial charge in [-0.25, -0.2) is 13.8 Å². The Bertz CT molecular complexity index is 949. The zero-order valence-electron chi connectivity index (χ0n) is 17.2. The molecule has 1 aromatic carbocycles. The summed E-state index contributed by atoms with van der Waals surface area (Å²) in [4.78, 5) is 13.1. The van der Waals surface area contributed by atoms with Crippen LogP contribution in [0.5, 0.6) is 0 Å². The molecule has 30 heavy (non-hydrogen) atoms. The summed E-state index contributed by atoms with van der Waals surface area (Å²) in [6.45, 7) is 1.77. The molecule has 0 aromatic heterocycles. The lowest BCUT2D eigenvalue weighted by Crippen LogP contribution is -2.64. The second-order valence-electron chi connectivity index (χ2n) is 10.3. The molecule has 2 atom stereocenters. The number of fused-ring (bicyclic) bond motifs is 1. The van der Waals surface area contributed by atoms with E-state index in [2.05, 4.69) is 10.4 Å². The molecule has 2 heterocycles. The number of hydrogen-bond acceptors (Lipinski definition) is 3. The molecule has 6 aliphatic rings. The summed E-state index contributed by atoms with van der Waals surface area (Å²) < 4.78 is 27.8. The number of carbonyl (C=O) groups excluding carboxylic acids is 1. The van der Waals surface area contributed by atoms with E-state index in [1.165, 1.54) is 55.7 Å². The minimum Gasteiger partial charge on any atom is -0.288 e. The Morgan fingerprint density at radius 3 is 2.40 bits per heavy atom. The van der Waals surface area contributed by atoms with Crippen molar-refractivity contribution in [3.05, 3.63) is 41.5 Å². The summed E-state index contributed by atoms with van der Waals surface area (Å²) in [5, 5.41) is 9.73. The molecule has 0 radical (unpaired) electrons. The molecule has 2 unspecified atom stereocenters. The molecule has 1 N–H and O–H groups in total. The molecule has 4 saturated carbocycles. The number of halogens is 2. The zero-order valence-corrected chi connectivity index (χ0v) is 17.2. The molecule has 4 nitrogen and oxygen atoms in total. The van der Waals surface area contributed by atoms with Gasteiger partial charge in [-0.15, -0.1) is 0 Å². The van der Waals surface area contributed by atoms with E-state index in [1.54, 1.807) is 6.92 Å². The summed E-state index contributed by atoms with van der Waals surface area (Å²) in [6, 6.07) is 3.75. The first kappa shape index (κ1) is 18.7. The molecule has 7 rings (SSSR count). The number of hydrazone groups is 1. The van der Waals surface area contributed by atoms with Crippen LogP contribution < -0.4 is 5.32 Å². The van der Waals surface area contributed by atoms with Crippen LogP contribution in [-0.2, 0) is 4.79 Å². The van der Waals surface area contributed by atoms with Crippen molar-refractivity contribution >= 4 is 17.2 Å². The van der Waals surface area contributed by atoms with Crippen LogP contribution in [0.1, 0.15) is 57.4 Å². The number of amides is 1. The second-order valence-corrected chi connectivity index (χ2v) is 10.3. The zero-order chi connectivity index (χ0) is 20.6. The van der Waals surface area contributed by atoms with Gasteiger partial charge in [-0.1, -0.05) is 0 Å². The average molecular weight is 411 g/mol. The minimum absolute atomic E-state index is 0.0359. The smallest absolute Gasteiger partial charge is 0.246 e. The third-order valence-electron chi connectivity index (χ3n) is 8.29. The Hall–Kier alpha value is -2.08. The number of nitrogens with one attached hydrogen (secondary N) is 1. The molecule has 4 bridgehead atoms. The number of benzene rings is 1. The number of rotatable bonds is 2. The van der Waals surface area contributed by atoms with E-state index in [9.17, 15) is 13.6 Å². The molecule has 5 fully saturated rings. The van der Waals surface area contributed by atoms with Crippen LogP contribution in [0.15, 0.2) is 29.4 Å². The fourth-order valence-corrected chi connectivity index (χ4v) is 7.48. The highest BCUT2D eigenvalue weighted by molar-refractivity contribution is 6.23. The maximum atomic E-state index is 14.5. The van der Waals surface area contributed by atoms with E-state index in [0.29, 0.717) is 23.3 Å². The topological polar surface area (TPSA) is 44.7 Å². The highest BCUT2D eigenvalue weighted by Crippen LogP contribution is 2.62. The van der Waals surface area contributed by atoms with Crippen LogP contribution in [0, 0.1) is 34.8 Å². The minimum atomic E-state index is -0.607. The summed E-state index contributed by atoms with van der Waals surface area (Å²) in [7, 11) is 0. The van der Waals surface area contributed by atoms with Gasteiger partial charge in [-0.3, -0.25) is 10.1 Å². The third kappa shape index (κ3) is 2.79. The number of hydrogen-bond donors (Lipinski definition) is 1. The average Bonchev–Trinajstić information content (AvgIpc) is 2.67. The molecule has 1 amide bonds. The van der Waals surface area contributed by atoms with Crippen LogP contribution >= 0.6 is 0 Å². The van der Waals surface area contributed by atoms with E-state index in [-0.39, 0.29) is 23.5 Å². The lowest BCUT2D eigenvalue weighted by Gasteiger charge is -2.60. The van der Waals surface area contributed by atoms with E-state index < -0.39 is 11.6 Å². The van der Waals surface area contributed by atoms with Gasteiger partial charge in [0.1, 0.15) is 17.8 Å². The predicted octanol–water partition coefficient (Wildman–Crippen LogP) is 4.47. The van der Waals surface area contributed by atoms with E-state index in [4.69, 9.17) is 0 Å². The summed E-state index contributed by atoms with van der Waals surface area (Å²) in [6.07, 6.45) is 9.77. The molecule has 2 aliphatic heterocycles. The number of allylic oxidation sites excluding steroid dienone is 1. The fraction of sp³-hybridized carbons (Fsp3) is 0.583. The van der Waals surface area contributed by atoms with Crippen molar-refractivity contribution in [3.63, 3.8) is 0 Å². The summed E-state index contributed by atoms with van der Waals surface area (Å²) in [5.74, 6) is 1.28. The molecule has 1 saturated heterocycles. The van der Waals surface area contributed by atoms with E-state index in [0.717, 1.165) is 23.8 Å². The highest BCUT2D eigenvalue weighted by Gasteiger charge is 2.56. The molecule has 4 aliphatic carbocycles. The number of nitrogens with zero attached hydrogens (tertiary/aromatic N) is 2. The third-order valence-corrected chi connectivity index (χ3v) is 8.29. The van der Waals surface area contributed by atoms with E-state index >= 15 is 0 Å². The molecule has 158 valence electrons. The molecule has 0 spiro atoms. The predicted molar refractivity (Wildman–Crippen MR) is 110 cm³/mol.